The highest BCUT2D eigenvalue weighted by Gasteiger charge is 2.42. The maximum Gasteiger partial charge on any atom is 0.410 e. The van der Waals surface area contributed by atoms with E-state index in [2.05, 4.69) is 10.6 Å². The van der Waals surface area contributed by atoms with E-state index < -0.39 is 29.4 Å². The normalized spacial score (nSPS) is 19.0. The predicted molar refractivity (Wildman–Crippen MR) is 164 cm³/mol. The molecule has 43 heavy (non-hydrogen) atoms. The van der Waals surface area contributed by atoms with Crippen LogP contribution in [0.1, 0.15) is 75.8 Å². The van der Waals surface area contributed by atoms with Gasteiger partial charge in [-0.3, -0.25) is 19.4 Å². The van der Waals surface area contributed by atoms with E-state index in [1.807, 2.05) is 57.2 Å². The molecule has 0 unspecified atom stereocenters. The largest absolute Gasteiger partial charge is 0.444 e. The van der Waals surface area contributed by atoms with Gasteiger partial charge < -0.3 is 20.1 Å². The third-order valence-corrected chi connectivity index (χ3v) is 8.33. The van der Waals surface area contributed by atoms with Gasteiger partial charge in [-0.15, -0.1) is 11.3 Å². The molecule has 1 aromatic carbocycles. The zero-order chi connectivity index (χ0) is 31.5. The Morgan fingerprint density at radius 2 is 1.63 bits per heavy atom. The summed E-state index contributed by atoms with van der Waals surface area (Å²) in [5, 5.41) is 5.71. The van der Waals surface area contributed by atoms with Gasteiger partial charge in [-0.25, -0.2) is 9.59 Å². The summed E-state index contributed by atoms with van der Waals surface area (Å²) in [4.78, 5) is 57.0. The SMILES string of the molecule is C[C@H](NC(=O)[C@H]1C[C@H](Cc2ccccc2)CN1C(=O)OC(C)(C)C)C(=O)NCc1cc2c(s1)CN(C(=O)OC(C)(C)C)C2. The van der Waals surface area contributed by atoms with Gasteiger partial charge >= 0.3 is 12.2 Å². The number of thiophene rings is 1. The minimum absolute atomic E-state index is 0.0850. The molecule has 1 aromatic heterocycles. The molecule has 3 atom stereocenters. The average Bonchev–Trinajstić information content (AvgIpc) is 3.59. The monoisotopic (exact) mass is 612 g/mol. The highest BCUT2D eigenvalue weighted by molar-refractivity contribution is 7.12. The molecule has 1 saturated heterocycles. The molecule has 2 aromatic rings. The first-order valence-electron chi connectivity index (χ1n) is 14.8. The number of fused-ring (bicyclic) bond motifs is 1. The van der Waals surface area contributed by atoms with Gasteiger partial charge in [0.1, 0.15) is 23.3 Å². The second-order valence-corrected chi connectivity index (χ2v) is 14.6. The predicted octanol–water partition coefficient (Wildman–Crippen LogP) is 4.99. The third kappa shape index (κ3) is 8.95. The fourth-order valence-corrected chi connectivity index (χ4v) is 6.40. The van der Waals surface area contributed by atoms with Crippen LogP contribution in [0, 0.1) is 5.92 Å². The number of hydrogen-bond donors (Lipinski definition) is 2. The lowest BCUT2D eigenvalue weighted by molar-refractivity contribution is -0.131. The number of nitrogens with zero attached hydrogens (tertiary/aromatic N) is 2. The van der Waals surface area contributed by atoms with Gasteiger partial charge in [0.25, 0.3) is 0 Å². The number of benzene rings is 1. The van der Waals surface area contributed by atoms with E-state index in [4.69, 9.17) is 9.47 Å². The number of carbonyl (C=O) groups is 4. The van der Waals surface area contributed by atoms with E-state index >= 15 is 0 Å². The molecule has 2 aliphatic rings. The zero-order valence-corrected chi connectivity index (χ0v) is 27.0. The quantitative estimate of drug-likeness (QED) is 0.455. The molecule has 0 aliphatic carbocycles. The van der Waals surface area contributed by atoms with E-state index in [1.54, 1.807) is 43.9 Å². The molecule has 0 radical (unpaired) electrons. The van der Waals surface area contributed by atoms with Gasteiger partial charge in [-0.1, -0.05) is 30.3 Å². The van der Waals surface area contributed by atoms with Crippen LogP contribution in [-0.2, 0) is 45.1 Å². The van der Waals surface area contributed by atoms with Crippen molar-refractivity contribution in [1.82, 2.24) is 20.4 Å². The number of ether oxygens (including phenoxy) is 2. The lowest BCUT2D eigenvalue weighted by Crippen LogP contribution is -2.52. The Morgan fingerprint density at radius 1 is 0.977 bits per heavy atom. The number of nitrogens with one attached hydrogen (secondary N) is 2. The molecular formula is C32H44N4O6S. The first kappa shape index (κ1) is 32.3. The molecule has 0 bridgehead atoms. The summed E-state index contributed by atoms with van der Waals surface area (Å²) in [5.74, 6) is -0.608. The van der Waals surface area contributed by atoms with Crippen LogP contribution in [-0.4, -0.2) is 63.6 Å². The Labute approximate surface area is 258 Å². The third-order valence-electron chi connectivity index (χ3n) is 7.17. The number of rotatable bonds is 7. The van der Waals surface area contributed by atoms with Gasteiger partial charge in [-0.2, -0.15) is 0 Å². The van der Waals surface area contributed by atoms with Crippen LogP contribution in [0.3, 0.4) is 0 Å². The Balaban J connectivity index is 1.31. The van der Waals surface area contributed by atoms with Crippen molar-refractivity contribution in [3.8, 4) is 0 Å². The average molecular weight is 613 g/mol. The minimum Gasteiger partial charge on any atom is -0.444 e. The molecule has 1 fully saturated rings. The number of likely N-dealkylation sites (tertiary alicyclic amines) is 1. The van der Waals surface area contributed by atoms with Gasteiger partial charge in [0, 0.05) is 16.3 Å². The molecule has 0 spiro atoms. The second kappa shape index (κ2) is 13.0. The summed E-state index contributed by atoms with van der Waals surface area (Å²) in [5.41, 5.74) is 0.945. The van der Waals surface area contributed by atoms with Gasteiger partial charge in [-0.05, 0) is 84.4 Å². The summed E-state index contributed by atoms with van der Waals surface area (Å²) in [6.45, 7) is 14.2. The molecule has 4 rings (SSSR count). The topological polar surface area (TPSA) is 117 Å². The fourth-order valence-electron chi connectivity index (χ4n) is 5.26. The van der Waals surface area contributed by atoms with Crippen LogP contribution >= 0.6 is 11.3 Å². The van der Waals surface area contributed by atoms with Crippen molar-refractivity contribution < 1.29 is 28.7 Å². The van der Waals surface area contributed by atoms with Gasteiger partial charge in [0.05, 0.1) is 19.6 Å². The molecule has 11 heteroatoms. The van der Waals surface area contributed by atoms with E-state index in [0.717, 1.165) is 27.3 Å². The summed E-state index contributed by atoms with van der Waals surface area (Å²) in [6.07, 6.45) is 0.348. The molecule has 10 nitrogen and oxygen atoms in total. The minimum atomic E-state index is -0.796. The molecule has 4 amide bonds. The Kier molecular flexibility index (Phi) is 9.73. The summed E-state index contributed by atoms with van der Waals surface area (Å²) in [7, 11) is 0. The maximum atomic E-state index is 13.4. The van der Waals surface area contributed by atoms with E-state index in [-0.39, 0.29) is 23.8 Å². The van der Waals surface area contributed by atoms with Crippen LogP contribution < -0.4 is 10.6 Å². The van der Waals surface area contributed by atoms with E-state index in [9.17, 15) is 19.2 Å². The lowest BCUT2D eigenvalue weighted by atomic mass is 9.96. The number of amides is 4. The highest BCUT2D eigenvalue weighted by atomic mass is 32.1. The van der Waals surface area contributed by atoms with Crippen LogP contribution in [0.2, 0.25) is 0 Å². The molecule has 234 valence electrons. The summed E-state index contributed by atoms with van der Waals surface area (Å²) < 4.78 is 11.1. The Bertz CT molecular complexity index is 1310. The van der Waals surface area contributed by atoms with Crippen LogP contribution in [0.4, 0.5) is 9.59 Å². The summed E-state index contributed by atoms with van der Waals surface area (Å²) in [6, 6.07) is 10.5. The molecular weight excluding hydrogens is 568 g/mol. The van der Waals surface area contributed by atoms with Crippen molar-refractivity contribution in [3.05, 3.63) is 57.3 Å². The smallest absolute Gasteiger partial charge is 0.410 e. The Hall–Kier alpha value is -3.60. The highest BCUT2D eigenvalue weighted by Crippen LogP contribution is 2.32. The van der Waals surface area contributed by atoms with Crippen LogP contribution in [0.5, 0.6) is 0 Å². The standard InChI is InChI=1S/C32H44N4O6S/c1-20(27(37)33-16-24-15-23-18-35(19-26(23)43-24)29(39)41-31(2,3)4)34-28(38)25-14-22(13-21-11-9-8-10-12-21)17-36(25)30(40)42-32(5,6)7/h8-12,15,20,22,25H,13-14,16-19H2,1-7H3,(H,33,37)(H,34,38)/t20-,22-,25+/m0/s1. The molecule has 2 aliphatic heterocycles. The first-order chi connectivity index (χ1) is 20.1. The van der Waals surface area contributed by atoms with Gasteiger partial charge in [0.15, 0.2) is 0 Å². The number of hydrogen-bond acceptors (Lipinski definition) is 7. The van der Waals surface area contributed by atoms with Crippen molar-refractivity contribution >= 4 is 35.3 Å². The molecule has 3 heterocycles. The molecule has 2 N–H and O–H groups in total. The van der Waals surface area contributed by atoms with Crippen molar-refractivity contribution in [2.45, 2.75) is 104 Å². The van der Waals surface area contributed by atoms with Crippen molar-refractivity contribution in [2.75, 3.05) is 6.54 Å². The maximum absolute atomic E-state index is 13.4. The number of carbonyl (C=O) groups excluding carboxylic acids is 4. The van der Waals surface area contributed by atoms with E-state index in [0.29, 0.717) is 32.6 Å². The van der Waals surface area contributed by atoms with Gasteiger partial charge in [0.2, 0.25) is 11.8 Å². The van der Waals surface area contributed by atoms with E-state index in [1.165, 1.54) is 4.90 Å². The Morgan fingerprint density at radius 3 is 2.26 bits per heavy atom. The molecule has 0 saturated carbocycles. The fraction of sp³-hybridized carbons (Fsp3) is 0.562. The summed E-state index contributed by atoms with van der Waals surface area (Å²) >= 11 is 1.55. The van der Waals surface area contributed by atoms with Crippen molar-refractivity contribution in [2.24, 2.45) is 5.92 Å². The zero-order valence-electron chi connectivity index (χ0n) is 26.2. The van der Waals surface area contributed by atoms with Crippen molar-refractivity contribution in [3.63, 3.8) is 0 Å². The van der Waals surface area contributed by atoms with Crippen molar-refractivity contribution in [1.29, 1.82) is 0 Å². The lowest BCUT2D eigenvalue weighted by Gasteiger charge is -2.28. The van der Waals surface area contributed by atoms with Crippen LogP contribution in [0.25, 0.3) is 0 Å². The first-order valence-corrected chi connectivity index (χ1v) is 15.6. The second-order valence-electron chi connectivity index (χ2n) is 13.4. The van der Waals surface area contributed by atoms with Crippen LogP contribution in [0.15, 0.2) is 36.4 Å².